The van der Waals surface area contributed by atoms with Gasteiger partial charge in [0.05, 0.1) is 22.4 Å². The molecule has 0 saturated carbocycles. The summed E-state index contributed by atoms with van der Waals surface area (Å²) in [7, 11) is 0. The number of allylic oxidation sites excluding steroid dienone is 3. The molecule has 2 aromatic heterocycles. The molecule has 1 aliphatic heterocycles. The summed E-state index contributed by atoms with van der Waals surface area (Å²) in [6.45, 7) is 0.710. The van der Waals surface area contributed by atoms with Crippen LogP contribution < -0.4 is 4.90 Å². The molecule has 1 aliphatic rings. The van der Waals surface area contributed by atoms with Crippen molar-refractivity contribution in [2.45, 2.75) is 6.42 Å². The second kappa shape index (κ2) is 14.5. The minimum absolute atomic E-state index is 0.710. The molecule has 56 heavy (non-hydrogen) atoms. The van der Waals surface area contributed by atoms with Crippen molar-refractivity contribution in [1.82, 2.24) is 14.5 Å². The Kier molecular flexibility index (Phi) is 8.62. The lowest BCUT2D eigenvalue weighted by atomic mass is 9.99. The van der Waals surface area contributed by atoms with E-state index in [1.54, 1.807) is 0 Å². The first-order valence-corrected chi connectivity index (χ1v) is 19.2. The summed E-state index contributed by atoms with van der Waals surface area (Å²) in [5.74, 6) is 0.713. The maximum absolute atomic E-state index is 5.13. The number of aromatic nitrogens is 3. The Balaban J connectivity index is 1.03. The minimum Gasteiger partial charge on any atom is -0.337 e. The van der Waals surface area contributed by atoms with Crippen molar-refractivity contribution in [2.24, 2.45) is 0 Å². The van der Waals surface area contributed by atoms with Crippen molar-refractivity contribution in [2.75, 3.05) is 11.4 Å². The third kappa shape index (κ3) is 6.27. The number of nitrogens with zero attached hydrogens (tertiary/aromatic N) is 4. The Bertz CT molecular complexity index is 2850. The predicted molar refractivity (Wildman–Crippen MR) is 233 cm³/mol. The van der Waals surface area contributed by atoms with E-state index in [0.29, 0.717) is 12.4 Å². The van der Waals surface area contributed by atoms with Crippen LogP contribution in [0.2, 0.25) is 0 Å². The van der Waals surface area contributed by atoms with E-state index in [4.69, 9.17) is 9.97 Å². The van der Waals surface area contributed by atoms with Gasteiger partial charge in [0.15, 0.2) is 5.82 Å². The van der Waals surface area contributed by atoms with Gasteiger partial charge in [0.25, 0.3) is 0 Å². The molecule has 0 amide bonds. The van der Waals surface area contributed by atoms with E-state index >= 15 is 0 Å². The average molecular weight is 719 g/mol. The van der Waals surface area contributed by atoms with Gasteiger partial charge in [-0.05, 0) is 77.7 Å². The summed E-state index contributed by atoms with van der Waals surface area (Å²) in [6.07, 6.45) is 7.78. The Labute approximate surface area is 327 Å². The number of fused-ring (bicyclic) bond motifs is 4. The number of rotatable bonds is 6. The molecular weight excluding hydrogens is 681 g/mol. The van der Waals surface area contributed by atoms with Crippen LogP contribution >= 0.6 is 0 Å². The molecule has 3 heterocycles. The van der Waals surface area contributed by atoms with Crippen molar-refractivity contribution in [3.05, 3.63) is 217 Å². The predicted octanol–water partition coefficient (Wildman–Crippen LogP) is 12.9. The van der Waals surface area contributed by atoms with Gasteiger partial charge in [-0.2, -0.15) is 0 Å². The fourth-order valence-electron chi connectivity index (χ4n) is 7.99. The molecule has 4 heteroatoms. The van der Waals surface area contributed by atoms with Crippen LogP contribution in [0, 0.1) is 0 Å². The summed E-state index contributed by atoms with van der Waals surface area (Å²) in [4.78, 5) is 12.6. The molecule has 0 aliphatic carbocycles. The van der Waals surface area contributed by atoms with Crippen LogP contribution in [-0.4, -0.2) is 21.1 Å². The monoisotopic (exact) mass is 718 g/mol. The van der Waals surface area contributed by atoms with Gasteiger partial charge >= 0.3 is 0 Å². The molecule has 0 atom stereocenters. The average Bonchev–Trinajstić information content (AvgIpc) is 3.65. The topological polar surface area (TPSA) is 34.0 Å². The summed E-state index contributed by atoms with van der Waals surface area (Å²) < 4.78 is 2.37. The van der Waals surface area contributed by atoms with Crippen molar-refractivity contribution in [1.29, 1.82) is 0 Å². The van der Waals surface area contributed by atoms with Crippen LogP contribution in [0.15, 0.2) is 206 Å². The largest absolute Gasteiger partial charge is 0.337 e. The van der Waals surface area contributed by atoms with E-state index in [9.17, 15) is 0 Å². The smallest absolute Gasteiger partial charge is 0.160 e. The number of anilines is 2. The zero-order chi connectivity index (χ0) is 37.3. The lowest BCUT2D eigenvalue weighted by molar-refractivity contribution is 1.07. The second-order valence-electron chi connectivity index (χ2n) is 14.2. The molecule has 7 aromatic carbocycles. The maximum atomic E-state index is 5.13. The first-order valence-electron chi connectivity index (χ1n) is 19.2. The van der Waals surface area contributed by atoms with Crippen LogP contribution in [-0.2, 0) is 6.42 Å². The fraction of sp³-hybridized carbons (Fsp3) is 0.0385. The highest BCUT2D eigenvalue weighted by atomic mass is 15.1. The highest BCUT2D eigenvalue weighted by Gasteiger charge is 2.18. The first kappa shape index (κ1) is 33.3. The van der Waals surface area contributed by atoms with E-state index in [1.807, 2.05) is 24.3 Å². The SMILES string of the molecule is C1=C\C(c2ccc3c(c2)c2ccccc2n3-c2ccccc2)=C/Cc2ccccc2N(c2cccc(-c3cc(-c4ccccc4)nc(-c4ccccc4)n3)c2)C/1. The molecule has 9 aromatic rings. The van der Waals surface area contributed by atoms with E-state index in [0.717, 1.165) is 40.2 Å². The summed E-state index contributed by atoms with van der Waals surface area (Å²) in [6, 6.07) is 66.5. The number of benzene rings is 7. The summed E-state index contributed by atoms with van der Waals surface area (Å²) in [5.41, 5.74) is 14.5. The second-order valence-corrected chi connectivity index (χ2v) is 14.2. The molecule has 0 N–H and O–H groups in total. The van der Waals surface area contributed by atoms with Gasteiger partial charge in [-0.1, -0.05) is 152 Å². The minimum atomic E-state index is 0.710. The van der Waals surface area contributed by atoms with Gasteiger partial charge in [-0.15, -0.1) is 0 Å². The van der Waals surface area contributed by atoms with Crippen molar-refractivity contribution in [3.8, 4) is 39.6 Å². The van der Waals surface area contributed by atoms with Crippen molar-refractivity contribution < 1.29 is 0 Å². The van der Waals surface area contributed by atoms with E-state index in [-0.39, 0.29) is 0 Å². The zero-order valence-electron chi connectivity index (χ0n) is 30.8. The molecule has 0 saturated heterocycles. The van der Waals surface area contributed by atoms with Crippen molar-refractivity contribution in [3.63, 3.8) is 0 Å². The third-order valence-electron chi connectivity index (χ3n) is 10.7. The quantitative estimate of drug-likeness (QED) is 0.172. The molecule has 10 rings (SSSR count). The molecular formula is C52H38N4. The third-order valence-corrected chi connectivity index (χ3v) is 10.7. The van der Waals surface area contributed by atoms with E-state index < -0.39 is 0 Å². The van der Waals surface area contributed by atoms with Gasteiger partial charge in [0.2, 0.25) is 0 Å². The van der Waals surface area contributed by atoms with Crippen LogP contribution in [0.25, 0.3) is 67.0 Å². The van der Waals surface area contributed by atoms with Gasteiger partial charge < -0.3 is 9.47 Å². The first-order chi connectivity index (χ1) is 27.8. The zero-order valence-corrected chi connectivity index (χ0v) is 30.8. The van der Waals surface area contributed by atoms with E-state index in [1.165, 1.54) is 49.9 Å². The summed E-state index contributed by atoms with van der Waals surface area (Å²) in [5, 5.41) is 2.51. The van der Waals surface area contributed by atoms with Crippen LogP contribution in [0.5, 0.6) is 0 Å². The van der Waals surface area contributed by atoms with Gasteiger partial charge in [0, 0.05) is 51.1 Å². The maximum Gasteiger partial charge on any atom is 0.160 e. The van der Waals surface area contributed by atoms with E-state index in [2.05, 4.69) is 191 Å². The lowest BCUT2D eigenvalue weighted by Crippen LogP contribution is -2.18. The molecule has 266 valence electrons. The van der Waals surface area contributed by atoms with Gasteiger partial charge in [0.1, 0.15) is 0 Å². The molecule has 0 unspecified atom stereocenters. The van der Waals surface area contributed by atoms with Gasteiger partial charge in [-0.3, -0.25) is 0 Å². The molecule has 0 radical (unpaired) electrons. The molecule has 0 bridgehead atoms. The highest BCUT2D eigenvalue weighted by molar-refractivity contribution is 6.10. The number of hydrogen-bond donors (Lipinski definition) is 0. The number of para-hydroxylation sites is 3. The molecule has 0 fully saturated rings. The molecule has 0 spiro atoms. The Hall–Kier alpha value is -7.30. The Morgan fingerprint density at radius 1 is 0.446 bits per heavy atom. The van der Waals surface area contributed by atoms with Crippen LogP contribution in [0.1, 0.15) is 11.1 Å². The Morgan fingerprint density at radius 3 is 1.91 bits per heavy atom. The van der Waals surface area contributed by atoms with Crippen LogP contribution in [0.4, 0.5) is 11.4 Å². The number of hydrogen-bond acceptors (Lipinski definition) is 3. The molecule has 4 nitrogen and oxygen atoms in total. The standard InChI is InChI=1S/C52H38N4/c1-4-16-38(17-5-1)47-36-48(54-52(53-47)40-19-6-2-7-20-40)42-21-14-25-44(34-42)55-33-15-22-37(29-30-39-18-10-12-27-49(39)55)41-31-32-51-46(35-41)45-26-11-13-28-50(45)56(51)43-23-8-3-9-24-43/h1-29,31-32,34-36H,30,33H2/b22-15-,37-29+. The highest BCUT2D eigenvalue weighted by Crippen LogP contribution is 2.37. The van der Waals surface area contributed by atoms with Crippen LogP contribution in [0.3, 0.4) is 0 Å². The van der Waals surface area contributed by atoms with Gasteiger partial charge in [-0.25, -0.2) is 9.97 Å². The Morgan fingerprint density at radius 2 is 1.09 bits per heavy atom. The van der Waals surface area contributed by atoms with Crippen molar-refractivity contribution >= 4 is 38.8 Å². The normalized spacial score (nSPS) is 14.4. The summed E-state index contributed by atoms with van der Waals surface area (Å²) >= 11 is 0. The fourth-order valence-corrected chi connectivity index (χ4v) is 7.99. The lowest BCUT2D eigenvalue weighted by Gasteiger charge is -2.26.